The van der Waals surface area contributed by atoms with Gasteiger partial charge in [-0.2, -0.15) is 0 Å². The minimum Gasteiger partial charge on any atom is -0.354 e. The Morgan fingerprint density at radius 3 is 2.92 bits per heavy atom. The molecular weight excluding hydrogens is 334 g/mol. The first kappa shape index (κ1) is 20.2. The molecule has 25 heavy (non-hydrogen) atoms. The van der Waals surface area contributed by atoms with Crippen LogP contribution in [0.3, 0.4) is 0 Å². The number of hydrogen-bond donors (Lipinski definition) is 2. The molecule has 2 saturated heterocycles. The van der Waals surface area contributed by atoms with E-state index in [-0.39, 0.29) is 24.4 Å². The molecule has 0 saturated carbocycles. The van der Waals surface area contributed by atoms with Crippen LogP contribution in [0.1, 0.15) is 49.8 Å². The molecule has 3 unspecified atom stereocenters. The predicted molar refractivity (Wildman–Crippen MR) is 105 cm³/mol. The summed E-state index contributed by atoms with van der Waals surface area (Å²) in [4.78, 5) is 14.7. The topological polar surface area (TPSA) is 44.4 Å². The first-order valence-corrected chi connectivity index (χ1v) is 9.45. The summed E-state index contributed by atoms with van der Waals surface area (Å²) in [7, 11) is 0. The Morgan fingerprint density at radius 1 is 1.36 bits per heavy atom. The van der Waals surface area contributed by atoms with Gasteiger partial charge in [0.2, 0.25) is 5.91 Å². The summed E-state index contributed by atoms with van der Waals surface area (Å²) in [6.07, 6.45) is 4.53. The number of aryl methyl sites for hydroxylation is 1. The van der Waals surface area contributed by atoms with Crippen LogP contribution in [0.2, 0.25) is 0 Å². The van der Waals surface area contributed by atoms with E-state index < -0.39 is 0 Å². The van der Waals surface area contributed by atoms with E-state index in [4.69, 9.17) is 0 Å². The van der Waals surface area contributed by atoms with Gasteiger partial charge in [-0.25, -0.2) is 0 Å². The Kier molecular flexibility index (Phi) is 7.73. The van der Waals surface area contributed by atoms with Gasteiger partial charge in [-0.05, 0) is 64.1 Å². The van der Waals surface area contributed by atoms with E-state index in [1.165, 1.54) is 24.0 Å². The number of carbonyl (C=O) groups is 1. The lowest BCUT2D eigenvalue weighted by Crippen LogP contribution is -2.45. The van der Waals surface area contributed by atoms with Gasteiger partial charge in [0, 0.05) is 19.1 Å². The second-order valence-corrected chi connectivity index (χ2v) is 7.49. The summed E-state index contributed by atoms with van der Waals surface area (Å²) in [5, 5.41) is 6.45. The minimum absolute atomic E-state index is 0. The average Bonchev–Trinajstić information content (AvgIpc) is 3.14. The second-order valence-electron chi connectivity index (χ2n) is 7.49. The Hall–Kier alpha value is -1.10. The van der Waals surface area contributed by atoms with Crippen molar-refractivity contribution < 1.29 is 4.79 Å². The normalized spacial score (nSPS) is 25.2. The molecule has 0 bridgehead atoms. The van der Waals surface area contributed by atoms with Crippen molar-refractivity contribution in [3.05, 3.63) is 35.4 Å². The van der Waals surface area contributed by atoms with Gasteiger partial charge < -0.3 is 10.6 Å². The fourth-order valence-corrected chi connectivity index (χ4v) is 4.03. The summed E-state index contributed by atoms with van der Waals surface area (Å²) >= 11 is 0. The third-order valence-electron chi connectivity index (χ3n) is 5.56. The van der Waals surface area contributed by atoms with E-state index in [1.54, 1.807) is 0 Å². The maximum Gasteiger partial charge on any atom is 0.237 e. The van der Waals surface area contributed by atoms with E-state index >= 15 is 0 Å². The van der Waals surface area contributed by atoms with Crippen molar-refractivity contribution in [2.45, 2.75) is 51.6 Å². The Bertz CT molecular complexity index is 560. The number of halogens is 1. The van der Waals surface area contributed by atoms with E-state index in [2.05, 4.69) is 53.6 Å². The lowest BCUT2D eigenvalue weighted by Gasteiger charge is -2.37. The number of piperidine rings is 1. The van der Waals surface area contributed by atoms with Crippen LogP contribution < -0.4 is 10.6 Å². The largest absolute Gasteiger partial charge is 0.354 e. The van der Waals surface area contributed by atoms with Gasteiger partial charge in [-0.15, -0.1) is 12.4 Å². The quantitative estimate of drug-likeness (QED) is 0.842. The van der Waals surface area contributed by atoms with E-state index in [0.717, 1.165) is 39.0 Å². The van der Waals surface area contributed by atoms with Crippen molar-refractivity contribution in [3.8, 4) is 0 Å². The zero-order valence-electron chi connectivity index (χ0n) is 15.5. The number of rotatable bonds is 5. The molecule has 2 fully saturated rings. The zero-order valence-corrected chi connectivity index (χ0v) is 16.3. The van der Waals surface area contributed by atoms with Crippen LogP contribution in [0.5, 0.6) is 0 Å². The molecule has 0 radical (unpaired) electrons. The van der Waals surface area contributed by atoms with Crippen molar-refractivity contribution in [2.75, 3.05) is 26.2 Å². The molecule has 2 aliphatic rings. The predicted octanol–water partition coefficient (Wildman–Crippen LogP) is 3.06. The number of hydrogen-bond acceptors (Lipinski definition) is 3. The van der Waals surface area contributed by atoms with Gasteiger partial charge in [-0.1, -0.05) is 29.8 Å². The van der Waals surface area contributed by atoms with Gasteiger partial charge in [0.25, 0.3) is 0 Å². The molecule has 2 heterocycles. The third-order valence-corrected chi connectivity index (χ3v) is 5.56. The van der Waals surface area contributed by atoms with Crippen molar-refractivity contribution in [1.82, 2.24) is 15.5 Å². The Morgan fingerprint density at radius 2 is 2.20 bits per heavy atom. The molecule has 1 aromatic carbocycles. The highest BCUT2D eigenvalue weighted by Gasteiger charge is 2.26. The average molecular weight is 366 g/mol. The molecule has 3 atom stereocenters. The van der Waals surface area contributed by atoms with Crippen LogP contribution in [0.25, 0.3) is 0 Å². The molecule has 0 spiro atoms. The highest BCUT2D eigenvalue weighted by molar-refractivity contribution is 5.85. The van der Waals surface area contributed by atoms with Gasteiger partial charge in [-0.3, -0.25) is 9.69 Å². The standard InChI is InChI=1S/C20H31N3O.ClH/c1-15-6-3-8-18(12-15)16(2)23-11-5-7-17(14-23)13-22-20(24)19-9-4-10-21-19;/h3,6,8,12,16-17,19,21H,4-5,7,9-11,13-14H2,1-2H3,(H,22,24);1H. The van der Waals surface area contributed by atoms with Crippen LogP contribution in [0, 0.1) is 12.8 Å². The molecule has 5 heteroatoms. The molecule has 0 aliphatic carbocycles. The van der Waals surface area contributed by atoms with Crippen molar-refractivity contribution in [1.29, 1.82) is 0 Å². The van der Waals surface area contributed by atoms with Crippen LogP contribution in [-0.2, 0) is 4.79 Å². The first-order chi connectivity index (χ1) is 11.6. The Labute approximate surface area is 158 Å². The molecule has 1 aromatic rings. The molecule has 2 aliphatic heterocycles. The van der Waals surface area contributed by atoms with E-state index in [1.807, 2.05) is 0 Å². The van der Waals surface area contributed by atoms with Gasteiger partial charge in [0.1, 0.15) is 0 Å². The van der Waals surface area contributed by atoms with Crippen LogP contribution in [0.15, 0.2) is 24.3 Å². The lowest BCUT2D eigenvalue weighted by molar-refractivity contribution is -0.123. The molecule has 3 rings (SSSR count). The SMILES string of the molecule is Cc1cccc(C(C)N2CCCC(CNC(=O)C3CCCN3)C2)c1.Cl. The molecular formula is C20H32ClN3O. The first-order valence-electron chi connectivity index (χ1n) is 9.45. The maximum atomic E-state index is 12.2. The number of likely N-dealkylation sites (tertiary alicyclic amines) is 1. The summed E-state index contributed by atoms with van der Waals surface area (Å²) in [6, 6.07) is 9.31. The van der Waals surface area contributed by atoms with Crippen LogP contribution >= 0.6 is 12.4 Å². The third kappa shape index (κ3) is 5.44. The fraction of sp³-hybridized carbons (Fsp3) is 0.650. The molecule has 140 valence electrons. The summed E-state index contributed by atoms with van der Waals surface area (Å²) in [5.41, 5.74) is 2.72. The smallest absolute Gasteiger partial charge is 0.237 e. The van der Waals surface area contributed by atoms with E-state index in [9.17, 15) is 4.79 Å². The highest BCUT2D eigenvalue weighted by atomic mass is 35.5. The van der Waals surface area contributed by atoms with Crippen molar-refractivity contribution in [3.63, 3.8) is 0 Å². The number of amides is 1. The van der Waals surface area contributed by atoms with Crippen LogP contribution in [-0.4, -0.2) is 43.0 Å². The number of nitrogens with zero attached hydrogens (tertiary/aromatic N) is 1. The van der Waals surface area contributed by atoms with Gasteiger partial charge >= 0.3 is 0 Å². The Balaban J connectivity index is 0.00000225. The summed E-state index contributed by atoms with van der Waals surface area (Å²) in [5.74, 6) is 0.757. The number of carbonyl (C=O) groups excluding carboxylic acids is 1. The number of nitrogens with one attached hydrogen (secondary N) is 2. The zero-order chi connectivity index (χ0) is 16.9. The summed E-state index contributed by atoms with van der Waals surface area (Å²) < 4.78 is 0. The second kappa shape index (κ2) is 9.56. The van der Waals surface area contributed by atoms with Crippen LogP contribution in [0.4, 0.5) is 0 Å². The molecule has 2 N–H and O–H groups in total. The molecule has 1 amide bonds. The monoisotopic (exact) mass is 365 g/mol. The van der Waals surface area contributed by atoms with Gasteiger partial charge in [0.05, 0.1) is 6.04 Å². The lowest BCUT2D eigenvalue weighted by atomic mass is 9.94. The molecule has 0 aromatic heterocycles. The van der Waals surface area contributed by atoms with E-state index in [0.29, 0.717) is 12.0 Å². The van der Waals surface area contributed by atoms with Crippen molar-refractivity contribution >= 4 is 18.3 Å². The van der Waals surface area contributed by atoms with Crippen molar-refractivity contribution in [2.24, 2.45) is 5.92 Å². The summed E-state index contributed by atoms with van der Waals surface area (Å²) in [6.45, 7) is 8.48. The fourth-order valence-electron chi connectivity index (χ4n) is 4.03. The number of benzene rings is 1. The molecule has 4 nitrogen and oxygen atoms in total. The maximum absolute atomic E-state index is 12.2. The minimum atomic E-state index is 0. The van der Waals surface area contributed by atoms with Gasteiger partial charge in [0.15, 0.2) is 0 Å². The highest BCUT2D eigenvalue weighted by Crippen LogP contribution is 2.26.